The van der Waals surface area contributed by atoms with E-state index in [9.17, 15) is 9.59 Å². The van der Waals surface area contributed by atoms with Crippen LogP contribution >= 0.6 is 136 Å². The Kier molecular flexibility index (Phi) is 13.1. The molecule has 3 rings (SSSR count). The third-order valence-electron chi connectivity index (χ3n) is 5.35. The van der Waals surface area contributed by atoms with Gasteiger partial charge < -0.3 is 14.4 Å². The molecule has 2 aromatic rings. The molecule has 1 fully saturated rings. The van der Waals surface area contributed by atoms with E-state index in [0.29, 0.717) is 17.5 Å². The number of hydrogen-bond acceptors (Lipinski definition) is 5. The minimum absolute atomic E-state index is 0.0354. The van der Waals surface area contributed by atoms with Gasteiger partial charge in [-0.25, -0.2) is 9.59 Å². The number of carbonyl (C=O) groups is 2. The van der Waals surface area contributed by atoms with Crippen molar-refractivity contribution >= 4 is 147 Å². The highest BCUT2D eigenvalue weighted by atomic mass is 127. The molecular formula is C23H21I6NO4. The van der Waals surface area contributed by atoms with Crippen LogP contribution in [0, 0.1) is 21.4 Å². The molecule has 0 amide bonds. The van der Waals surface area contributed by atoms with E-state index >= 15 is 0 Å². The summed E-state index contributed by atoms with van der Waals surface area (Å²) in [4.78, 5) is 28.5. The summed E-state index contributed by atoms with van der Waals surface area (Å²) in [6, 6.07) is 7.76. The Morgan fingerprint density at radius 1 is 0.853 bits per heavy atom. The lowest BCUT2D eigenvalue weighted by Gasteiger charge is -2.28. The first-order valence-corrected chi connectivity index (χ1v) is 17.0. The molecule has 1 saturated heterocycles. The number of benzene rings is 2. The highest BCUT2D eigenvalue weighted by Gasteiger charge is 2.24. The van der Waals surface area contributed by atoms with Crippen molar-refractivity contribution in [1.82, 2.24) is 4.90 Å². The van der Waals surface area contributed by atoms with Crippen LogP contribution in [0.25, 0.3) is 0 Å². The lowest BCUT2D eigenvalue weighted by atomic mass is 10.1. The number of piperidine rings is 1. The van der Waals surface area contributed by atoms with Crippen LogP contribution in [0.5, 0.6) is 0 Å². The van der Waals surface area contributed by atoms with Crippen LogP contribution in [-0.2, 0) is 9.47 Å². The molecule has 0 aromatic heterocycles. The van der Waals surface area contributed by atoms with Crippen LogP contribution in [0.4, 0.5) is 0 Å². The topological polar surface area (TPSA) is 55.8 Å². The maximum atomic E-state index is 13.1. The molecule has 184 valence electrons. The molecule has 0 bridgehead atoms. The summed E-state index contributed by atoms with van der Waals surface area (Å²) < 4.78 is 17.2. The molecule has 34 heavy (non-hydrogen) atoms. The molecule has 0 N–H and O–H groups in total. The predicted octanol–water partition coefficient (Wildman–Crippen LogP) is 7.57. The molecule has 0 spiro atoms. The summed E-state index contributed by atoms with van der Waals surface area (Å²) in [6.45, 7) is 2.97. The molecule has 0 aliphatic carbocycles. The van der Waals surface area contributed by atoms with E-state index in [1.54, 1.807) is 0 Å². The molecule has 1 aliphatic heterocycles. The van der Waals surface area contributed by atoms with Gasteiger partial charge in [0.25, 0.3) is 0 Å². The molecule has 2 aromatic carbocycles. The lowest BCUT2D eigenvalue weighted by Crippen LogP contribution is -2.35. The molecule has 1 heterocycles. The zero-order chi connectivity index (χ0) is 24.8. The minimum atomic E-state index is -0.511. The summed E-state index contributed by atoms with van der Waals surface area (Å²) in [5, 5.41) is 0. The van der Waals surface area contributed by atoms with Crippen LogP contribution < -0.4 is 0 Å². The predicted molar refractivity (Wildman–Crippen MR) is 184 cm³/mol. The first-order chi connectivity index (χ1) is 16.2. The summed E-state index contributed by atoms with van der Waals surface area (Å²) in [6.07, 6.45) is 3.77. The first kappa shape index (κ1) is 30.3. The highest BCUT2D eigenvalue weighted by molar-refractivity contribution is 14.1. The monoisotopic (exact) mass is 1140 g/mol. The second kappa shape index (κ2) is 14.8. The summed E-state index contributed by atoms with van der Waals surface area (Å²) >= 11 is 13.2. The molecule has 1 aliphatic rings. The SMILES string of the molecule is O=C(OC(CCN1CCCCC1)COC(=O)c1c(I)ccc(I)c1I)c1cc(I)cc(I)c1I. The number of hydrogen-bond donors (Lipinski definition) is 0. The van der Waals surface area contributed by atoms with Gasteiger partial charge in [-0.15, -0.1) is 0 Å². The van der Waals surface area contributed by atoms with Crippen molar-refractivity contribution in [1.29, 1.82) is 0 Å². The highest BCUT2D eigenvalue weighted by Crippen LogP contribution is 2.26. The van der Waals surface area contributed by atoms with Gasteiger partial charge in [0.05, 0.1) is 11.1 Å². The van der Waals surface area contributed by atoms with Gasteiger partial charge in [0.1, 0.15) is 12.7 Å². The van der Waals surface area contributed by atoms with Crippen LogP contribution in [0.2, 0.25) is 0 Å². The second-order valence-electron chi connectivity index (χ2n) is 7.78. The van der Waals surface area contributed by atoms with Crippen molar-refractivity contribution in [2.45, 2.75) is 31.8 Å². The Balaban J connectivity index is 1.73. The van der Waals surface area contributed by atoms with Crippen molar-refractivity contribution < 1.29 is 19.1 Å². The van der Waals surface area contributed by atoms with Gasteiger partial charge >= 0.3 is 11.9 Å². The van der Waals surface area contributed by atoms with Crippen molar-refractivity contribution in [3.8, 4) is 0 Å². The van der Waals surface area contributed by atoms with Crippen molar-refractivity contribution in [2.75, 3.05) is 26.2 Å². The second-order valence-corrected chi connectivity index (χ2v) is 14.7. The molecule has 11 heteroatoms. The zero-order valence-electron chi connectivity index (χ0n) is 17.9. The van der Waals surface area contributed by atoms with Gasteiger partial charge in [0.2, 0.25) is 0 Å². The average Bonchev–Trinajstić information content (AvgIpc) is 2.81. The molecule has 1 unspecified atom stereocenters. The van der Waals surface area contributed by atoms with E-state index in [1.165, 1.54) is 19.3 Å². The van der Waals surface area contributed by atoms with Gasteiger partial charge in [-0.2, -0.15) is 0 Å². The van der Waals surface area contributed by atoms with Crippen molar-refractivity contribution in [3.63, 3.8) is 0 Å². The minimum Gasteiger partial charge on any atom is -0.458 e. The van der Waals surface area contributed by atoms with Crippen LogP contribution in [0.1, 0.15) is 46.4 Å². The van der Waals surface area contributed by atoms with Crippen molar-refractivity contribution in [2.24, 2.45) is 0 Å². The Morgan fingerprint density at radius 2 is 1.53 bits per heavy atom. The maximum Gasteiger partial charge on any atom is 0.340 e. The number of likely N-dealkylation sites (tertiary alicyclic amines) is 1. The van der Waals surface area contributed by atoms with Crippen molar-refractivity contribution in [3.05, 3.63) is 56.8 Å². The van der Waals surface area contributed by atoms with Gasteiger partial charge in [-0.1, -0.05) is 6.42 Å². The van der Waals surface area contributed by atoms with Crippen LogP contribution in [0.15, 0.2) is 24.3 Å². The van der Waals surface area contributed by atoms with Gasteiger partial charge in [0, 0.05) is 34.4 Å². The van der Waals surface area contributed by atoms with E-state index in [0.717, 1.165) is 41.1 Å². The number of nitrogens with zero attached hydrogens (tertiary/aromatic N) is 1. The molecule has 0 radical (unpaired) electrons. The summed E-state index contributed by atoms with van der Waals surface area (Å²) in [7, 11) is 0. The average molecular weight is 1140 g/mol. The zero-order valence-corrected chi connectivity index (χ0v) is 30.8. The molecular weight excluding hydrogens is 1120 g/mol. The third-order valence-corrected chi connectivity index (χ3v) is 13.0. The van der Waals surface area contributed by atoms with Gasteiger partial charge in [-0.3, -0.25) is 0 Å². The number of halogens is 6. The Morgan fingerprint density at radius 3 is 2.24 bits per heavy atom. The quantitative estimate of drug-likeness (QED) is 0.155. The number of esters is 2. The van der Waals surface area contributed by atoms with Gasteiger partial charge in [0.15, 0.2) is 0 Å². The van der Waals surface area contributed by atoms with E-state index in [2.05, 4.69) is 140 Å². The third kappa shape index (κ3) is 8.62. The number of rotatable bonds is 8. The fourth-order valence-corrected chi connectivity index (χ4v) is 8.26. The Labute approximate surface area is 281 Å². The number of ether oxygens (including phenoxy) is 2. The summed E-state index contributed by atoms with van der Waals surface area (Å²) in [5.41, 5.74) is 1.11. The van der Waals surface area contributed by atoms with Crippen LogP contribution in [0.3, 0.4) is 0 Å². The van der Waals surface area contributed by atoms with E-state index < -0.39 is 6.10 Å². The van der Waals surface area contributed by atoms with E-state index in [4.69, 9.17) is 9.47 Å². The Hall–Kier alpha value is 1.72. The smallest absolute Gasteiger partial charge is 0.340 e. The standard InChI is InChI=1S/C23H21I6NO4/c24-13-10-15(20(28)18(27)11-13)22(31)34-14(6-9-30-7-2-1-3-8-30)12-33-23(32)19-16(25)4-5-17(26)21(19)29/h4-5,10-11,14H,1-3,6-9,12H2. The van der Waals surface area contributed by atoms with E-state index in [1.807, 2.05) is 24.3 Å². The summed E-state index contributed by atoms with van der Waals surface area (Å²) in [5.74, 6) is -0.760. The largest absolute Gasteiger partial charge is 0.458 e. The molecule has 1 atom stereocenters. The van der Waals surface area contributed by atoms with Crippen LogP contribution in [-0.4, -0.2) is 49.2 Å². The lowest BCUT2D eigenvalue weighted by molar-refractivity contribution is -0.00583. The maximum absolute atomic E-state index is 13.1. The van der Waals surface area contributed by atoms with E-state index in [-0.39, 0.29) is 18.5 Å². The normalized spacial score (nSPS) is 15.1. The Bertz CT molecular complexity index is 1060. The fraction of sp³-hybridized carbons (Fsp3) is 0.391. The fourth-order valence-electron chi connectivity index (χ4n) is 3.56. The molecule has 0 saturated carbocycles. The first-order valence-electron chi connectivity index (χ1n) is 10.6. The number of carbonyl (C=O) groups excluding carboxylic acids is 2. The molecule has 5 nitrogen and oxygen atoms in total. The van der Waals surface area contributed by atoms with Gasteiger partial charge in [-0.05, 0) is 186 Å².